The average Bonchev–Trinajstić information content (AvgIpc) is 3.17. The lowest BCUT2D eigenvalue weighted by Gasteiger charge is -2.26. The summed E-state index contributed by atoms with van der Waals surface area (Å²) in [5, 5.41) is 13.0. The maximum absolute atomic E-state index is 13.5. The molecule has 0 atom stereocenters. The molecule has 3 heterocycles. The topological polar surface area (TPSA) is 75.1 Å². The van der Waals surface area contributed by atoms with Gasteiger partial charge in [0.05, 0.1) is 26.2 Å². The molecule has 1 saturated carbocycles. The van der Waals surface area contributed by atoms with Crippen molar-refractivity contribution in [3.63, 3.8) is 0 Å². The van der Waals surface area contributed by atoms with E-state index in [-0.39, 0.29) is 15.8 Å². The number of carbonyl (C=O) groups excluding carboxylic acids is 1. The summed E-state index contributed by atoms with van der Waals surface area (Å²) in [5.41, 5.74) is -0.833. The van der Waals surface area contributed by atoms with E-state index >= 15 is 0 Å². The van der Waals surface area contributed by atoms with Gasteiger partial charge in [-0.1, -0.05) is 12.3 Å². The lowest BCUT2D eigenvalue weighted by molar-refractivity contribution is -0.136. The van der Waals surface area contributed by atoms with Gasteiger partial charge < -0.3 is 10.4 Å². The number of amides is 1. The van der Waals surface area contributed by atoms with Gasteiger partial charge in [0.2, 0.25) is 0 Å². The average molecular weight is 459 g/mol. The Labute approximate surface area is 186 Å². The molecule has 0 aliphatic heterocycles. The Balaban J connectivity index is 1.76. The highest BCUT2D eigenvalue weighted by Gasteiger charge is 2.35. The Hall–Kier alpha value is -2.96. The first kappa shape index (κ1) is 22.2. The predicted octanol–water partition coefficient (Wildman–Crippen LogP) is 4.78. The Kier molecular flexibility index (Phi) is 5.93. The number of nitrogens with one attached hydrogen (secondary N) is 1. The van der Waals surface area contributed by atoms with Crippen molar-refractivity contribution >= 4 is 27.5 Å². The predicted molar refractivity (Wildman–Crippen MR) is 116 cm³/mol. The van der Waals surface area contributed by atoms with E-state index in [1.165, 1.54) is 13.2 Å². The van der Waals surface area contributed by atoms with Crippen molar-refractivity contribution in [1.82, 2.24) is 15.3 Å². The van der Waals surface area contributed by atoms with Crippen LogP contribution in [0.25, 0.3) is 20.7 Å². The molecule has 5 nitrogen and oxygen atoms in total. The second-order valence-electron chi connectivity index (χ2n) is 7.69. The molecule has 2 N–H and O–H groups in total. The zero-order valence-corrected chi connectivity index (χ0v) is 18.0. The molecule has 1 aliphatic carbocycles. The van der Waals surface area contributed by atoms with E-state index in [9.17, 15) is 23.1 Å². The quantitative estimate of drug-likeness (QED) is 0.541. The molecular formula is C23H20F3N3O2S. The first-order chi connectivity index (χ1) is 15.2. The van der Waals surface area contributed by atoms with Crippen LogP contribution in [0.2, 0.25) is 0 Å². The van der Waals surface area contributed by atoms with Crippen LogP contribution in [0, 0.1) is 11.8 Å². The van der Waals surface area contributed by atoms with Gasteiger partial charge in [-0.05, 0) is 49.8 Å². The highest BCUT2D eigenvalue weighted by Crippen LogP contribution is 2.43. The lowest BCUT2D eigenvalue weighted by Crippen LogP contribution is -2.29. The zero-order chi connectivity index (χ0) is 22.9. The summed E-state index contributed by atoms with van der Waals surface area (Å²) in [7, 11) is 1.41. The standard InChI is InChI=1S/C23H20F3N3O2S/c1-27-21(30)17-18-20(16(8-12-28-18)23(24,25)26)32-19(17)14-5-6-15(29-13-14)7-11-22(31)9-3-2-4-10-22/h5-6,8,12-13,31H,2-4,9-10H2,1H3,(H,27,30). The van der Waals surface area contributed by atoms with Crippen LogP contribution in [0.3, 0.4) is 0 Å². The Morgan fingerprint density at radius 3 is 2.56 bits per heavy atom. The van der Waals surface area contributed by atoms with E-state index < -0.39 is 23.2 Å². The van der Waals surface area contributed by atoms with Crippen molar-refractivity contribution in [1.29, 1.82) is 0 Å². The van der Waals surface area contributed by atoms with Crippen LogP contribution in [-0.2, 0) is 6.18 Å². The van der Waals surface area contributed by atoms with Crippen LogP contribution in [0.1, 0.15) is 53.7 Å². The highest BCUT2D eigenvalue weighted by atomic mass is 32.1. The van der Waals surface area contributed by atoms with E-state index in [1.807, 2.05) is 0 Å². The van der Waals surface area contributed by atoms with Gasteiger partial charge in [-0.25, -0.2) is 4.98 Å². The number of aromatic nitrogens is 2. The third-order valence-electron chi connectivity index (χ3n) is 5.46. The summed E-state index contributed by atoms with van der Waals surface area (Å²) in [6.07, 6.45) is 2.17. The van der Waals surface area contributed by atoms with Gasteiger partial charge in [-0.3, -0.25) is 9.78 Å². The molecule has 0 saturated heterocycles. The fourth-order valence-electron chi connectivity index (χ4n) is 3.80. The molecule has 1 fully saturated rings. The molecular weight excluding hydrogens is 439 g/mol. The summed E-state index contributed by atoms with van der Waals surface area (Å²) in [6.45, 7) is 0. The van der Waals surface area contributed by atoms with Crippen LogP contribution >= 0.6 is 11.3 Å². The zero-order valence-electron chi connectivity index (χ0n) is 17.2. The summed E-state index contributed by atoms with van der Waals surface area (Å²) < 4.78 is 40.4. The monoisotopic (exact) mass is 459 g/mol. The second kappa shape index (κ2) is 8.52. The molecule has 3 aromatic rings. The summed E-state index contributed by atoms with van der Waals surface area (Å²) in [5.74, 6) is 5.27. The summed E-state index contributed by atoms with van der Waals surface area (Å²) >= 11 is 0.856. The number of alkyl halides is 3. The molecule has 4 rings (SSSR count). The number of carbonyl (C=O) groups is 1. The van der Waals surface area contributed by atoms with Gasteiger partial charge in [0.1, 0.15) is 11.3 Å². The van der Waals surface area contributed by atoms with Crippen molar-refractivity contribution in [3.05, 3.63) is 47.4 Å². The van der Waals surface area contributed by atoms with Gasteiger partial charge in [0, 0.05) is 25.0 Å². The van der Waals surface area contributed by atoms with E-state index in [0.29, 0.717) is 29.0 Å². The molecule has 1 amide bonds. The van der Waals surface area contributed by atoms with E-state index in [2.05, 4.69) is 27.1 Å². The first-order valence-corrected chi connectivity index (χ1v) is 11.0. The van der Waals surface area contributed by atoms with E-state index in [0.717, 1.165) is 42.9 Å². The number of hydrogen-bond donors (Lipinski definition) is 2. The number of nitrogens with zero attached hydrogens (tertiary/aromatic N) is 2. The third-order valence-corrected chi connectivity index (χ3v) is 6.72. The number of pyridine rings is 2. The second-order valence-corrected chi connectivity index (χ2v) is 8.71. The molecule has 0 radical (unpaired) electrons. The number of hydrogen-bond acceptors (Lipinski definition) is 5. The maximum Gasteiger partial charge on any atom is 0.417 e. The first-order valence-electron chi connectivity index (χ1n) is 10.1. The highest BCUT2D eigenvalue weighted by molar-refractivity contribution is 7.23. The molecule has 0 aromatic carbocycles. The minimum absolute atomic E-state index is 0.00237. The van der Waals surface area contributed by atoms with Crippen LogP contribution in [0.15, 0.2) is 30.6 Å². The molecule has 3 aromatic heterocycles. The van der Waals surface area contributed by atoms with Crippen molar-refractivity contribution in [2.45, 2.75) is 43.9 Å². The normalized spacial score (nSPS) is 15.8. The van der Waals surface area contributed by atoms with Crippen LogP contribution in [0.5, 0.6) is 0 Å². The third kappa shape index (κ3) is 4.33. The Morgan fingerprint density at radius 1 is 1.19 bits per heavy atom. The molecule has 166 valence electrons. The molecule has 9 heteroatoms. The van der Waals surface area contributed by atoms with Gasteiger partial charge in [0.15, 0.2) is 0 Å². The Morgan fingerprint density at radius 2 is 1.94 bits per heavy atom. The van der Waals surface area contributed by atoms with Crippen LogP contribution in [0.4, 0.5) is 13.2 Å². The minimum Gasteiger partial charge on any atom is -0.378 e. The van der Waals surface area contributed by atoms with Gasteiger partial charge >= 0.3 is 6.18 Å². The fourth-order valence-corrected chi connectivity index (χ4v) is 5.08. The number of aliphatic hydroxyl groups is 1. The van der Waals surface area contributed by atoms with Crippen LogP contribution < -0.4 is 5.32 Å². The largest absolute Gasteiger partial charge is 0.417 e. The molecule has 0 spiro atoms. The SMILES string of the molecule is CNC(=O)c1c(-c2ccc(C#CC3(O)CCCCC3)nc2)sc2c(C(F)(F)F)ccnc12. The van der Waals surface area contributed by atoms with Gasteiger partial charge in [-0.15, -0.1) is 11.3 Å². The number of halogens is 3. The van der Waals surface area contributed by atoms with Crippen LogP contribution in [-0.4, -0.2) is 33.6 Å². The van der Waals surface area contributed by atoms with Gasteiger partial charge in [0.25, 0.3) is 5.91 Å². The lowest BCUT2D eigenvalue weighted by atomic mass is 9.85. The van der Waals surface area contributed by atoms with Crippen molar-refractivity contribution in [2.75, 3.05) is 7.05 Å². The van der Waals surface area contributed by atoms with Crippen molar-refractivity contribution in [2.24, 2.45) is 0 Å². The molecule has 0 bridgehead atoms. The smallest absolute Gasteiger partial charge is 0.378 e. The number of thiophene rings is 1. The molecule has 0 unspecified atom stereocenters. The van der Waals surface area contributed by atoms with E-state index in [4.69, 9.17) is 0 Å². The summed E-state index contributed by atoms with van der Waals surface area (Å²) in [4.78, 5) is 21.2. The minimum atomic E-state index is -4.57. The van der Waals surface area contributed by atoms with Crippen molar-refractivity contribution < 1.29 is 23.1 Å². The summed E-state index contributed by atoms with van der Waals surface area (Å²) in [6, 6.07) is 4.19. The van der Waals surface area contributed by atoms with Gasteiger partial charge in [-0.2, -0.15) is 13.2 Å². The maximum atomic E-state index is 13.5. The van der Waals surface area contributed by atoms with E-state index in [1.54, 1.807) is 12.1 Å². The fraction of sp³-hybridized carbons (Fsp3) is 0.348. The number of fused-ring (bicyclic) bond motifs is 1. The number of rotatable bonds is 2. The Bertz CT molecular complexity index is 1220. The molecule has 1 aliphatic rings. The van der Waals surface area contributed by atoms with Crippen molar-refractivity contribution in [3.8, 4) is 22.3 Å². The molecule has 32 heavy (non-hydrogen) atoms.